The summed E-state index contributed by atoms with van der Waals surface area (Å²) in [6.45, 7) is 0.521. The maximum Gasteiger partial charge on any atom is 0.573 e. The summed E-state index contributed by atoms with van der Waals surface area (Å²) in [4.78, 5) is -0.222. The molecule has 2 aromatic rings. The van der Waals surface area contributed by atoms with Crippen molar-refractivity contribution in [3.8, 4) is 11.5 Å². The van der Waals surface area contributed by atoms with E-state index < -0.39 is 22.1 Å². The molecule has 1 N–H and O–H groups in total. The van der Waals surface area contributed by atoms with Crippen LogP contribution in [-0.2, 0) is 32.7 Å². The third-order valence-corrected chi connectivity index (χ3v) is 5.10. The van der Waals surface area contributed by atoms with Gasteiger partial charge in [0.05, 0.1) is 18.1 Å². The van der Waals surface area contributed by atoms with E-state index >= 15 is 0 Å². The van der Waals surface area contributed by atoms with Crippen molar-refractivity contribution < 1.29 is 40.5 Å². The molecular formula is C17H16F3NO6S. The van der Waals surface area contributed by atoms with Gasteiger partial charge in [-0.05, 0) is 36.4 Å². The van der Waals surface area contributed by atoms with Crippen LogP contribution in [0.4, 0.5) is 18.9 Å². The zero-order valence-corrected chi connectivity index (χ0v) is 15.4. The summed E-state index contributed by atoms with van der Waals surface area (Å²) < 4.78 is 83.7. The summed E-state index contributed by atoms with van der Waals surface area (Å²) in [6.07, 6.45) is -4.86. The largest absolute Gasteiger partial charge is 0.573 e. The molecule has 0 aromatic heterocycles. The van der Waals surface area contributed by atoms with Crippen LogP contribution in [0.2, 0.25) is 0 Å². The van der Waals surface area contributed by atoms with Crippen LogP contribution in [0.3, 0.4) is 0 Å². The smallest absolute Gasteiger partial charge is 0.467 e. The van der Waals surface area contributed by atoms with Gasteiger partial charge in [-0.25, -0.2) is 8.42 Å². The standard InChI is InChI=1S/C17H16F3NO6S/c1-24-8-11-6-13(7-12-9-25-10-26-16(11)12)21-28(22,23)15-4-2-14(3-5-15)27-17(18,19)20/h2-7,21H,8-10H2,1H3. The molecule has 0 fully saturated rings. The van der Waals surface area contributed by atoms with E-state index in [0.29, 0.717) is 16.9 Å². The Labute approximate surface area is 159 Å². The Bertz CT molecular complexity index is 945. The van der Waals surface area contributed by atoms with Crippen LogP contribution < -0.4 is 14.2 Å². The second-order valence-electron chi connectivity index (χ2n) is 5.79. The van der Waals surface area contributed by atoms with Crippen LogP contribution >= 0.6 is 0 Å². The summed E-state index contributed by atoms with van der Waals surface area (Å²) in [5.41, 5.74) is 1.53. The number of nitrogens with one attached hydrogen (secondary N) is 1. The van der Waals surface area contributed by atoms with Crippen LogP contribution in [-0.4, -0.2) is 28.7 Å². The monoisotopic (exact) mass is 419 g/mol. The lowest BCUT2D eigenvalue weighted by Gasteiger charge is -2.22. The molecule has 152 valence electrons. The predicted molar refractivity (Wildman–Crippen MR) is 91.4 cm³/mol. The fraction of sp³-hybridized carbons (Fsp3) is 0.294. The molecule has 0 spiro atoms. The van der Waals surface area contributed by atoms with Crippen LogP contribution in [0, 0.1) is 0 Å². The number of alkyl halides is 3. The maximum absolute atomic E-state index is 12.6. The number of sulfonamides is 1. The lowest BCUT2D eigenvalue weighted by Crippen LogP contribution is -2.18. The average Bonchev–Trinajstić information content (AvgIpc) is 2.61. The second-order valence-corrected chi connectivity index (χ2v) is 7.47. The van der Waals surface area contributed by atoms with Crippen LogP contribution in [0.5, 0.6) is 11.5 Å². The third kappa shape index (κ3) is 4.86. The fourth-order valence-corrected chi connectivity index (χ4v) is 3.70. The highest BCUT2D eigenvalue weighted by Crippen LogP contribution is 2.33. The number of anilines is 1. The third-order valence-electron chi connectivity index (χ3n) is 3.71. The van der Waals surface area contributed by atoms with Gasteiger partial charge < -0.3 is 18.9 Å². The first-order chi connectivity index (χ1) is 13.2. The molecule has 0 aliphatic carbocycles. The summed E-state index contributed by atoms with van der Waals surface area (Å²) in [7, 11) is -2.55. The normalized spacial score (nSPS) is 14.1. The summed E-state index contributed by atoms with van der Waals surface area (Å²) in [6, 6.07) is 7.01. The molecule has 2 aromatic carbocycles. The summed E-state index contributed by atoms with van der Waals surface area (Å²) in [5.74, 6) is 0.0570. The van der Waals surface area contributed by atoms with Gasteiger partial charge in [-0.2, -0.15) is 0 Å². The second kappa shape index (κ2) is 7.86. The van der Waals surface area contributed by atoms with Crippen molar-refractivity contribution in [1.82, 2.24) is 0 Å². The molecule has 0 bridgehead atoms. The number of hydrogen-bond acceptors (Lipinski definition) is 6. The highest BCUT2D eigenvalue weighted by Gasteiger charge is 2.31. The summed E-state index contributed by atoms with van der Waals surface area (Å²) in [5, 5.41) is 0. The molecule has 11 heteroatoms. The SMILES string of the molecule is COCc1cc(NS(=O)(=O)c2ccc(OC(F)(F)F)cc2)cc2c1OCOC2. The van der Waals surface area contributed by atoms with E-state index in [0.717, 1.165) is 24.3 Å². The van der Waals surface area contributed by atoms with Crippen molar-refractivity contribution in [1.29, 1.82) is 0 Å². The minimum Gasteiger partial charge on any atom is -0.467 e. The molecule has 1 aliphatic rings. The Morgan fingerprint density at radius 1 is 1.18 bits per heavy atom. The maximum atomic E-state index is 12.6. The van der Waals surface area contributed by atoms with E-state index in [1.807, 2.05) is 0 Å². The van der Waals surface area contributed by atoms with Crippen LogP contribution in [0.25, 0.3) is 0 Å². The van der Waals surface area contributed by atoms with E-state index in [9.17, 15) is 21.6 Å². The Morgan fingerprint density at radius 3 is 2.54 bits per heavy atom. The van der Waals surface area contributed by atoms with E-state index in [1.54, 1.807) is 12.1 Å². The zero-order chi connectivity index (χ0) is 20.4. The van der Waals surface area contributed by atoms with Gasteiger partial charge in [-0.1, -0.05) is 0 Å². The molecule has 0 atom stereocenters. The Balaban J connectivity index is 1.85. The minimum atomic E-state index is -4.86. The topological polar surface area (TPSA) is 83.1 Å². The van der Waals surface area contributed by atoms with Crippen LogP contribution in [0.15, 0.2) is 41.3 Å². The molecule has 0 radical (unpaired) electrons. The van der Waals surface area contributed by atoms with Crippen LogP contribution in [0.1, 0.15) is 11.1 Å². The molecule has 0 amide bonds. The van der Waals surface area contributed by atoms with E-state index in [1.165, 1.54) is 7.11 Å². The molecule has 7 nitrogen and oxygen atoms in total. The minimum absolute atomic E-state index is 0.0845. The van der Waals surface area contributed by atoms with E-state index in [2.05, 4.69) is 9.46 Å². The predicted octanol–water partition coefficient (Wildman–Crippen LogP) is 3.40. The molecular weight excluding hydrogens is 403 g/mol. The van der Waals surface area contributed by atoms with Crippen molar-refractivity contribution in [2.45, 2.75) is 24.5 Å². The molecule has 1 heterocycles. The van der Waals surface area contributed by atoms with Gasteiger partial charge in [0.2, 0.25) is 0 Å². The number of ether oxygens (including phenoxy) is 4. The van der Waals surface area contributed by atoms with Gasteiger partial charge in [-0.15, -0.1) is 13.2 Å². The number of benzene rings is 2. The Kier molecular flexibility index (Phi) is 5.68. The average molecular weight is 419 g/mol. The van der Waals surface area contributed by atoms with E-state index in [-0.39, 0.29) is 30.6 Å². The van der Waals surface area contributed by atoms with Gasteiger partial charge >= 0.3 is 6.36 Å². The zero-order valence-electron chi connectivity index (χ0n) is 14.6. The molecule has 0 saturated carbocycles. The molecule has 28 heavy (non-hydrogen) atoms. The van der Waals surface area contributed by atoms with Crippen molar-refractivity contribution >= 4 is 15.7 Å². The van der Waals surface area contributed by atoms with Crippen molar-refractivity contribution in [2.24, 2.45) is 0 Å². The highest BCUT2D eigenvalue weighted by atomic mass is 32.2. The van der Waals surface area contributed by atoms with E-state index in [4.69, 9.17) is 14.2 Å². The number of hydrogen-bond donors (Lipinski definition) is 1. The van der Waals surface area contributed by atoms with Gasteiger partial charge in [0.1, 0.15) is 11.5 Å². The Morgan fingerprint density at radius 2 is 1.89 bits per heavy atom. The number of fused-ring (bicyclic) bond motifs is 1. The molecule has 0 unspecified atom stereocenters. The quantitative estimate of drug-likeness (QED) is 0.773. The van der Waals surface area contributed by atoms with Gasteiger partial charge in [-0.3, -0.25) is 4.72 Å². The number of methoxy groups -OCH3 is 1. The first-order valence-corrected chi connectivity index (χ1v) is 9.40. The first kappa shape index (κ1) is 20.2. The summed E-state index contributed by atoms with van der Waals surface area (Å²) >= 11 is 0. The van der Waals surface area contributed by atoms with Gasteiger partial charge in [0.25, 0.3) is 10.0 Å². The van der Waals surface area contributed by atoms with Gasteiger partial charge in [0, 0.05) is 23.9 Å². The molecule has 3 rings (SSSR count). The molecule has 1 aliphatic heterocycles. The van der Waals surface area contributed by atoms with Crippen molar-refractivity contribution in [3.63, 3.8) is 0 Å². The lowest BCUT2D eigenvalue weighted by molar-refractivity contribution is -0.274. The van der Waals surface area contributed by atoms with Gasteiger partial charge in [0.15, 0.2) is 6.79 Å². The first-order valence-electron chi connectivity index (χ1n) is 7.92. The number of halogens is 3. The fourth-order valence-electron chi connectivity index (χ4n) is 2.66. The van der Waals surface area contributed by atoms with Crippen molar-refractivity contribution in [3.05, 3.63) is 47.5 Å². The highest BCUT2D eigenvalue weighted by molar-refractivity contribution is 7.92. The Hall–Kier alpha value is -2.50. The van der Waals surface area contributed by atoms with Crippen molar-refractivity contribution in [2.75, 3.05) is 18.6 Å². The lowest BCUT2D eigenvalue weighted by atomic mass is 10.1. The molecule has 0 saturated heterocycles. The number of rotatable bonds is 6.